The van der Waals surface area contributed by atoms with Crippen LogP contribution in [0.15, 0.2) is 28.0 Å². The van der Waals surface area contributed by atoms with Gasteiger partial charge in [0.25, 0.3) is 0 Å². The van der Waals surface area contributed by atoms with Crippen LogP contribution in [-0.2, 0) is 21.4 Å². The second-order valence-electron chi connectivity index (χ2n) is 5.87. The van der Waals surface area contributed by atoms with Crippen LogP contribution in [0.1, 0.15) is 0 Å². The Morgan fingerprint density at radius 2 is 2.08 bits per heavy atom. The average molecular weight is 379 g/mol. The number of amides is 2. The summed E-state index contributed by atoms with van der Waals surface area (Å²) in [6.45, 7) is 2.30. The number of ether oxygens (including phenoxy) is 1. The average Bonchev–Trinajstić information content (AvgIpc) is 3.30. The molecular formula is C16H21N5O4S. The fourth-order valence-corrected chi connectivity index (χ4v) is 3.35. The third-order valence-electron chi connectivity index (χ3n) is 4.06. The molecule has 2 amide bonds. The number of hydrogen-bond acceptors (Lipinski definition) is 7. The fourth-order valence-electron chi connectivity index (χ4n) is 2.50. The SMILES string of the molecule is CN(CC(=O)N1CCOCC1)C(=O)CSc1nnc(-c2ccco2)n1C. The van der Waals surface area contributed by atoms with Crippen LogP contribution in [-0.4, -0.2) is 82.0 Å². The number of carbonyl (C=O) groups is 2. The van der Waals surface area contributed by atoms with E-state index in [0.29, 0.717) is 43.0 Å². The minimum atomic E-state index is -0.140. The van der Waals surface area contributed by atoms with Crippen molar-refractivity contribution in [3.63, 3.8) is 0 Å². The van der Waals surface area contributed by atoms with Gasteiger partial charge >= 0.3 is 0 Å². The minimum absolute atomic E-state index is 0.0621. The van der Waals surface area contributed by atoms with Gasteiger partial charge < -0.3 is 23.5 Å². The van der Waals surface area contributed by atoms with E-state index in [1.807, 2.05) is 7.05 Å². The van der Waals surface area contributed by atoms with Crippen LogP contribution in [0.25, 0.3) is 11.6 Å². The van der Waals surface area contributed by atoms with Crippen LogP contribution < -0.4 is 0 Å². The van der Waals surface area contributed by atoms with Crippen molar-refractivity contribution in [1.29, 1.82) is 0 Å². The first-order valence-corrected chi connectivity index (χ1v) is 9.20. The molecule has 2 aromatic rings. The number of nitrogens with zero attached hydrogens (tertiary/aromatic N) is 5. The van der Waals surface area contributed by atoms with E-state index >= 15 is 0 Å². The van der Waals surface area contributed by atoms with Crippen LogP contribution in [0.3, 0.4) is 0 Å². The van der Waals surface area contributed by atoms with Crippen molar-refractivity contribution in [3.05, 3.63) is 18.4 Å². The lowest BCUT2D eigenvalue weighted by atomic mass is 10.4. The van der Waals surface area contributed by atoms with Crippen molar-refractivity contribution < 1.29 is 18.7 Å². The Bertz CT molecular complexity index is 755. The fraction of sp³-hybridized carbons (Fsp3) is 0.500. The van der Waals surface area contributed by atoms with Gasteiger partial charge in [-0.25, -0.2) is 0 Å². The zero-order valence-corrected chi connectivity index (χ0v) is 15.6. The van der Waals surface area contributed by atoms with Gasteiger partial charge in [-0.3, -0.25) is 9.59 Å². The molecule has 9 nitrogen and oxygen atoms in total. The molecule has 0 unspecified atom stereocenters. The molecule has 0 bridgehead atoms. The normalized spacial score (nSPS) is 14.5. The lowest BCUT2D eigenvalue weighted by molar-refractivity contribution is -0.140. The van der Waals surface area contributed by atoms with E-state index in [9.17, 15) is 9.59 Å². The van der Waals surface area contributed by atoms with Gasteiger partial charge in [0.15, 0.2) is 16.7 Å². The molecule has 0 aromatic carbocycles. The Labute approximate surface area is 155 Å². The van der Waals surface area contributed by atoms with E-state index in [4.69, 9.17) is 9.15 Å². The van der Waals surface area contributed by atoms with Crippen LogP contribution in [0.4, 0.5) is 0 Å². The van der Waals surface area contributed by atoms with Gasteiger partial charge in [0.05, 0.1) is 31.8 Å². The first-order valence-electron chi connectivity index (χ1n) is 8.22. The quantitative estimate of drug-likeness (QED) is 0.674. The number of thioether (sulfide) groups is 1. The van der Waals surface area contributed by atoms with Gasteiger partial charge in [0, 0.05) is 27.2 Å². The summed E-state index contributed by atoms with van der Waals surface area (Å²) in [4.78, 5) is 27.7. The summed E-state index contributed by atoms with van der Waals surface area (Å²) in [5.41, 5.74) is 0. The number of furan rings is 1. The van der Waals surface area contributed by atoms with Gasteiger partial charge in [-0.2, -0.15) is 0 Å². The molecule has 1 fully saturated rings. The van der Waals surface area contributed by atoms with Crippen molar-refractivity contribution in [3.8, 4) is 11.6 Å². The third-order valence-corrected chi connectivity index (χ3v) is 5.07. The van der Waals surface area contributed by atoms with Crippen molar-refractivity contribution >= 4 is 23.6 Å². The third kappa shape index (κ3) is 4.25. The Morgan fingerprint density at radius 1 is 1.31 bits per heavy atom. The van der Waals surface area contributed by atoms with Gasteiger partial charge in [0.1, 0.15) is 0 Å². The lowest BCUT2D eigenvalue weighted by Gasteiger charge is -2.28. The largest absolute Gasteiger partial charge is 0.461 e. The second-order valence-corrected chi connectivity index (χ2v) is 6.82. The lowest BCUT2D eigenvalue weighted by Crippen LogP contribution is -2.46. The first kappa shape index (κ1) is 18.5. The summed E-state index contributed by atoms with van der Waals surface area (Å²) in [6.07, 6.45) is 1.57. The standard InChI is InChI=1S/C16H21N5O4S/c1-19(10-13(22)21-5-8-24-9-6-21)14(23)11-26-16-18-17-15(20(16)2)12-4-3-7-25-12/h3-4,7H,5-6,8-11H2,1-2H3. The molecular weight excluding hydrogens is 358 g/mol. The monoisotopic (exact) mass is 379 g/mol. The van der Waals surface area contributed by atoms with E-state index in [1.165, 1.54) is 16.7 Å². The van der Waals surface area contributed by atoms with E-state index in [1.54, 1.807) is 34.9 Å². The number of aromatic nitrogens is 3. The smallest absolute Gasteiger partial charge is 0.242 e. The maximum atomic E-state index is 12.3. The number of carbonyl (C=O) groups excluding carboxylic acids is 2. The topological polar surface area (TPSA) is 93.7 Å². The molecule has 0 N–H and O–H groups in total. The summed E-state index contributed by atoms with van der Waals surface area (Å²) in [6, 6.07) is 3.58. The summed E-state index contributed by atoms with van der Waals surface area (Å²) in [5, 5.41) is 8.79. The number of likely N-dealkylation sites (N-methyl/N-ethyl adjacent to an activating group) is 1. The molecule has 1 aliphatic heterocycles. The predicted octanol–water partition coefficient (Wildman–Crippen LogP) is 0.484. The van der Waals surface area contributed by atoms with Gasteiger partial charge in [0.2, 0.25) is 11.8 Å². The summed E-state index contributed by atoms with van der Waals surface area (Å²) in [7, 11) is 3.45. The molecule has 1 aliphatic rings. The number of morpholine rings is 1. The highest BCUT2D eigenvalue weighted by atomic mass is 32.2. The van der Waals surface area contributed by atoms with E-state index in [0.717, 1.165) is 0 Å². The number of rotatable bonds is 6. The van der Waals surface area contributed by atoms with Crippen LogP contribution >= 0.6 is 11.8 Å². The molecule has 0 saturated carbocycles. The molecule has 1 saturated heterocycles. The Kier molecular flexibility index (Phi) is 5.94. The van der Waals surface area contributed by atoms with Crippen LogP contribution in [0.5, 0.6) is 0 Å². The first-order chi connectivity index (χ1) is 12.6. The van der Waals surface area contributed by atoms with Gasteiger partial charge in [-0.15, -0.1) is 10.2 Å². The number of hydrogen-bond donors (Lipinski definition) is 0. The molecule has 10 heteroatoms. The van der Waals surface area contributed by atoms with E-state index in [2.05, 4.69) is 10.2 Å². The Balaban J connectivity index is 1.51. The zero-order valence-electron chi connectivity index (χ0n) is 14.8. The molecule has 0 aliphatic carbocycles. The maximum absolute atomic E-state index is 12.3. The molecule has 3 heterocycles. The van der Waals surface area contributed by atoms with Gasteiger partial charge in [-0.1, -0.05) is 11.8 Å². The Morgan fingerprint density at radius 3 is 2.77 bits per heavy atom. The van der Waals surface area contributed by atoms with Crippen molar-refractivity contribution in [2.75, 3.05) is 45.6 Å². The van der Waals surface area contributed by atoms with Crippen LogP contribution in [0.2, 0.25) is 0 Å². The summed E-state index contributed by atoms with van der Waals surface area (Å²) < 4.78 is 12.3. The second kappa shape index (κ2) is 8.37. The van der Waals surface area contributed by atoms with Crippen molar-refractivity contribution in [2.24, 2.45) is 7.05 Å². The van der Waals surface area contributed by atoms with Crippen molar-refractivity contribution in [1.82, 2.24) is 24.6 Å². The molecule has 26 heavy (non-hydrogen) atoms. The summed E-state index contributed by atoms with van der Waals surface area (Å²) >= 11 is 1.28. The molecule has 0 spiro atoms. The molecule has 140 valence electrons. The highest BCUT2D eigenvalue weighted by Gasteiger charge is 2.21. The van der Waals surface area contributed by atoms with Crippen LogP contribution in [0, 0.1) is 0 Å². The van der Waals surface area contributed by atoms with Gasteiger partial charge in [-0.05, 0) is 12.1 Å². The molecule has 0 radical (unpaired) electrons. The maximum Gasteiger partial charge on any atom is 0.242 e. The Hall–Kier alpha value is -2.33. The highest BCUT2D eigenvalue weighted by molar-refractivity contribution is 7.99. The highest BCUT2D eigenvalue weighted by Crippen LogP contribution is 2.22. The van der Waals surface area contributed by atoms with E-state index < -0.39 is 0 Å². The molecule has 3 rings (SSSR count). The minimum Gasteiger partial charge on any atom is -0.461 e. The molecule has 2 aromatic heterocycles. The van der Waals surface area contributed by atoms with E-state index in [-0.39, 0.29) is 24.1 Å². The van der Waals surface area contributed by atoms with Crippen molar-refractivity contribution in [2.45, 2.75) is 5.16 Å². The predicted molar refractivity (Wildman–Crippen MR) is 94.5 cm³/mol. The summed E-state index contributed by atoms with van der Waals surface area (Å²) in [5.74, 6) is 1.19. The zero-order chi connectivity index (χ0) is 18.5. The molecule has 0 atom stereocenters.